The van der Waals surface area contributed by atoms with Gasteiger partial charge in [-0.25, -0.2) is 9.59 Å². The molecule has 1 aromatic carbocycles. The minimum Gasteiger partial charge on any atom is -0.462 e. The summed E-state index contributed by atoms with van der Waals surface area (Å²) in [6, 6.07) is 7.99. The number of alkyl carbamates (subject to hydrolysis) is 1. The zero-order chi connectivity index (χ0) is 21.3. The molecule has 7 heteroatoms. The van der Waals surface area contributed by atoms with E-state index in [9.17, 15) is 14.4 Å². The Kier molecular flexibility index (Phi) is 8.49. The van der Waals surface area contributed by atoms with Crippen molar-refractivity contribution < 1.29 is 28.6 Å². The normalized spacial score (nSPS) is 15.8. The van der Waals surface area contributed by atoms with E-state index in [4.69, 9.17) is 14.2 Å². The maximum absolute atomic E-state index is 12.5. The molecular formula is C22H31NO6. The van der Waals surface area contributed by atoms with Crippen molar-refractivity contribution in [3.8, 4) is 0 Å². The number of amides is 1. The third-order valence-electron chi connectivity index (χ3n) is 4.42. The molecule has 7 nitrogen and oxygen atoms in total. The van der Waals surface area contributed by atoms with Crippen LogP contribution in [0.15, 0.2) is 30.3 Å². The Morgan fingerprint density at radius 3 is 2.34 bits per heavy atom. The zero-order valence-corrected chi connectivity index (χ0v) is 17.4. The first-order valence-corrected chi connectivity index (χ1v) is 10.1. The summed E-state index contributed by atoms with van der Waals surface area (Å²) < 4.78 is 16.0. The predicted octanol–water partition coefficient (Wildman–Crippen LogP) is 3.89. The maximum atomic E-state index is 12.5. The molecule has 0 saturated heterocycles. The van der Waals surface area contributed by atoms with Crippen LogP contribution in [0.25, 0.3) is 0 Å². The highest BCUT2D eigenvalue weighted by Crippen LogP contribution is 2.21. The second kappa shape index (κ2) is 10.8. The summed E-state index contributed by atoms with van der Waals surface area (Å²) in [5.74, 6) is -1.24. The van der Waals surface area contributed by atoms with Crippen LogP contribution in [0, 0.1) is 0 Å². The number of nitrogens with one attached hydrogen (secondary N) is 1. The molecule has 1 saturated carbocycles. The third kappa shape index (κ3) is 8.98. The summed E-state index contributed by atoms with van der Waals surface area (Å²) in [7, 11) is 0. The van der Waals surface area contributed by atoms with Gasteiger partial charge in [0.05, 0.1) is 6.42 Å². The highest BCUT2D eigenvalue weighted by Gasteiger charge is 2.29. The van der Waals surface area contributed by atoms with E-state index in [1.165, 1.54) is 0 Å². The van der Waals surface area contributed by atoms with Gasteiger partial charge in [0.15, 0.2) is 0 Å². The number of carbonyl (C=O) groups is 3. The van der Waals surface area contributed by atoms with Gasteiger partial charge in [-0.15, -0.1) is 0 Å². The predicted molar refractivity (Wildman–Crippen MR) is 107 cm³/mol. The quantitative estimate of drug-likeness (QED) is 0.547. The molecule has 29 heavy (non-hydrogen) atoms. The summed E-state index contributed by atoms with van der Waals surface area (Å²) >= 11 is 0. The lowest BCUT2D eigenvalue weighted by Crippen LogP contribution is -2.45. The highest BCUT2D eigenvalue weighted by atomic mass is 16.6. The summed E-state index contributed by atoms with van der Waals surface area (Å²) in [4.78, 5) is 37.0. The first-order valence-electron chi connectivity index (χ1n) is 10.1. The smallest absolute Gasteiger partial charge is 0.408 e. The average Bonchev–Trinajstić information content (AvgIpc) is 2.65. The number of benzene rings is 1. The van der Waals surface area contributed by atoms with Crippen molar-refractivity contribution in [2.45, 2.75) is 83.6 Å². The van der Waals surface area contributed by atoms with Gasteiger partial charge in [-0.1, -0.05) is 36.8 Å². The lowest BCUT2D eigenvalue weighted by atomic mass is 9.98. The van der Waals surface area contributed by atoms with E-state index in [0.29, 0.717) is 0 Å². The second-order valence-corrected chi connectivity index (χ2v) is 8.25. The second-order valence-electron chi connectivity index (χ2n) is 8.25. The van der Waals surface area contributed by atoms with Crippen LogP contribution in [0.3, 0.4) is 0 Å². The molecular weight excluding hydrogens is 374 g/mol. The van der Waals surface area contributed by atoms with Crippen molar-refractivity contribution in [1.82, 2.24) is 5.32 Å². The monoisotopic (exact) mass is 405 g/mol. The molecule has 1 aliphatic carbocycles. The fourth-order valence-corrected chi connectivity index (χ4v) is 3.06. The van der Waals surface area contributed by atoms with E-state index in [-0.39, 0.29) is 19.1 Å². The summed E-state index contributed by atoms with van der Waals surface area (Å²) in [6.07, 6.45) is 3.63. The number of ether oxygens (including phenoxy) is 3. The van der Waals surface area contributed by atoms with Crippen molar-refractivity contribution in [3.05, 3.63) is 35.9 Å². The number of rotatable bonds is 7. The molecule has 1 N–H and O–H groups in total. The van der Waals surface area contributed by atoms with Crippen LogP contribution >= 0.6 is 0 Å². The van der Waals surface area contributed by atoms with Gasteiger partial charge in [-0.2, -0.15) is 0 Å². The van der Waals surface area contributed by atoms with Gasteiger partial charge < -0.3 is 19.5 Å². The number of hydrogen-bond acceptors (Lipinski definition) is 6. The molecule has 0 radical (unpaired) electrons. The molecule has 160 valence electrons. The van der Waals surface area contributed by atoms with Gasteiger partial charge in [-0.05, 0) is 52.0 Å². The Bertz CT molecular complexity index is 676. The van der Waals surface area contributed by atoms with Crippen molar-refractivity contribution in [3.63, 3.8) is 0 Å². The van der Waals surface area contributed by atoms with Crippen molar-refractivity contribution >= 4 is 18.0 Å². The number of carbonyl (C=O) groups excluding carboxylic acids is 3. The van der Waals surface area contributed by atoms with Crippen molar-refractivity contribution in [2.75, 3.05) is 0 Å². The summed E-state index contributed by atoms with van der Waals surface area (Å²) in [5.41, 5.74) is 0.0761. The van der Waals surface area contributed by atoms with Crippen LogP contribution in [0.2, 0.25) is 0 Å². The van der Waals surface area contributed by atoms with Crippen LogP contribution < -0.4 is 5.32 Å². The van der Waals surface area contributed by atoms with Gasteiger partial charge in [0.2, 0.25) is 0 Å². The fourth-order valence-electron chi connectivity index (χ4n) is 3.06. The van der Waals surface area contributed by atoms with Crippen LogP contribution in [0.1, 0.15) is 64.9 Å². The largest absolute Gasteiger partial charge is 0.462 e. The minimum atomic E-state index is -1.18. The zero-order valence-electron chi connectivity index (χ0n) is 17.4. The Hall–Kier alpha value is -2.57. The van der Waals surface area contributed by atoms with Gasteiger partial charge in [0.1, 0.15) is 24.4 Å². The molecule has 0 bridgehead atoms. The van der Waals surface area contributed by atoms with E-state index < -0.39 is 29.7 Å². The number of hydrogen-bond donors (Lipinski definition) is 1. The molecule has 1 aliphatic rings. The molecule has 0 aliphatic heterocycles. The van der Waals surface area contributed by atoms with Crippen molar-refractivity contribution in [1.29, 1.82) is 0 Å². The first kappa shape index (κ1) is 22.7. The van der Waals surface area contributed by atoms with Crippen molar-refractivity contribution in [2.24, 2.45) is 0 Å². The van der Waals surface area contributed by atoms with E-state index in [1.54, 1.807) is 20.8 Å². The van der Waals surface area contributed by atoms with Gasteiger partial charge in [0.25, 0.3) is 0 Å². The SMILES string of the molecule is CC(C)(C)OC(=O)N[C@@H](CC(=O)OC1CCCCC1)C(=O)OCc1ccccc1. The summed E-state index contributed by atoms with van der Waals surface area (Å²) in [5, 5.41) is 2.44. The summed E-state index contributed by atoms with van der Waals surface area (Å²) in [6.45, 7) is 5.19. The molecule has 0 heterocycles. The van der Waals surface area contributed by atoms with Crippen LogP contribution in [0.4, 0.5) is 4.79 Å². The lowest BCUT2D eigenvalue weighted by Gasteiger charge is -2.24. The fraction of sp³-hybridized carbons (Fsp3) is 0.591. The first-order chi connectivity index (χ1) is 13.7. The Balaban J connectivity index is 1.96. The van der Waals surface area contributed by atoms with Crippen LogP contribution in [0.5, 0.6) is 0 Å². The molecule has 1 fully saturated rings. The third-order valence-corrected chi connectivity index (χ3v) is 4.42. The van der Waals surface area contributed by atoms with E-state index >= 15 is 0 Å². The van der Waals surface area contributed by atoms with Gasteiger partial charge in [-0.3, -0.25) is 4.79 Å². The van der Waals surface area contributed by atoms with E-state index in [0.717, 1.165) is 37.7 Å². The van der Waals surface area contributed by atoms with Gasteiger partial charge in [0, 0.05) is 0 Å². The highest BCUT2D eigenvalue weighted by molar-refractivity contribution is 5.86. The lowest BCUT2D eigenvalue weighted by molar-refractivity contribution is -0.157. The molecule has 1 amide bonds. The topological polar surface area (TPSA) is 90.9 Å². The Morgan fingerprint density at radius 1 is 1.07 bits per heavy atom. The molecule has 2 rings (SSSR count). The Morgan fingerprint density at radius 2 is 1.72 bits per heavy atom. The maximum Gasteiger partial charge on any atom is 0.408 e. The Labute approximate surface area is 172 Å². The molecule has 0 unspecified atom stereocenters. The molecule has 0 spiro atoms. The van der Waals surface area contributed by atoms with Crippen LogP contribution in [-0.2, 0) is 30.4 Å². The molecule has 0 aromatic heterocycles. The molecule has 1 atom stereocenters. The number of esters is 2. The molecule has 1 aromatic rings. The van der Waals surface area contributed by atoms with Gasteiger partial charge >= 0.3 is 18.0 Å². The van der Waals surface area contributed by atoms with Crippen LogP contribution in [-0.4, -0.2) is 35.8 Å². The van der Waals surface area contributed by atoms with E-state index in [2.05, 4.69) is 5.32 Å². The minimum absolute atomic E-state index is 0.0455. The van der Waals surface area contributed by atoms with E-state index in [1.807, 2.05) is 30.3 Å². The standard InChI is InChI=1S/C22H31NO6/c1-22(2,3)29-21(26)23-18(14-19(24)28-17-12-8-5-9-13-17)20(25)27-15-16-10-6-4-7-11-16/h4,6-7,10-11,17-18H,5,8-9,12-15H2,1-3H3,(H,23,26)/t18-/m0/s1. The average molecular weight is 405 g/mol.